The second-order valence-electron chi connectivity index (χ2n) is 4.19. The molecular weight excluding hydrogens is 271 g/mol. The van der Waals surface area contributed by atoms with Gasteiger partial charge in [-0.1, -0.05) is 30.3 Å². The van der Waals surface area contributed by atoms with Crippen LogP contribution in [-0.4, -0.2) is 31.6 Å². The van der Waals surface area contributed by atoms with Crippen LogP contribution in [0.2, 0.25) is 0 Å². The molecule has 0 bridgehead atoms. The largest absolute Gasteiger partial charge is 1.00 e. The normalized spacial score (nSPS) is 21.8. The predicted octanol–water partition coefficient (Wildman–Crippen LogP) is -1.88. The molecular formula is C13H13N2NaO4. The molecule has 1 fully saturated rings. The molecule has 0 aliphatic carbocycles. The molecule has 0 saturated carbocycles. The van der Waals surface area contributed by atoms with Crippen molar-refractivity contribution in [3.05, 3.63) is 41.2 Å². The SMILES string of the molecule is COCCC1(c2ccccc2)C(=O)[N-]C(=O)NC1=O.[Na+]. The molecule has 20 heavy (non-hydrogen) atoms. The van der Waals surface area contributed by atoms with Gasteiger partial charge in [-0.3, -0.25) is 14.4 Å². The Morgan fingerprint density at radius 2 is 1.85 bits per heavy atom. The first-order valence-electron chi connectivity index (χ1n) is 5.77. The molecule has 1 saturated heterocycles. The van der Waals surface area contributed by atoms with E-state index in [1.165, 1.54) is 7.11 Å². The first kappa shape index (κ1) is 16.8. The number of nitrogens with zero attached hydrogens (tertiary/aromatic N) is 1. The van der Waals surface area contributed by atoms with E-state index in [4.69, 9.17) is 4.74 Å². The van der Waals surface area contributed by atoms with Crippen molar-refractivity contribution < 1.29 is 48.7 Å². The minimum absolute atomic E-state index is 0. The summed E-state index contributed by atoms with van der Waals surface area (Å²) in [4.78, 5) is 35.4. The standard InChI is InChI=1S/C13H14N2O4.Na/c1-19-8-7-13(9-5-3-2-4-6-9)10(16)14-12(18)15-11(13)17;/h2-6H,7-8H2,1H3,(H2,14,15,16,17,18);/q;+1/p-1. The third-order valence-electron chi connectivity index (χ3n) is 3.12. The Labute approximate surface area is 138 Å². The fourth-order valence-corrected chi connectivity index (χ4v) is 2.11. The Balaban J connectivity index is 0.00000200. The number of barbiturate groups is 1. The van der Waals surface area contributed by atoms with Crippen molar-refractivity contribution in [1.82, 2.24) is 5.32 Å². The number of carbonyl (C=O) groups is 3. The smallest absolute Gasteiger partial charge is 0.394 e. The summed E-state index contributed by atoms with van der Waals surface area (Å²) in [5.41, 5.74) is -0.976. The minimum Gasteiger partial charge on any atom is -0.394 e. The van der Waals surface area contributed by atoms with Gasteiger partial charge in [0.2, 0.25) is 0 Å². The molecule has 7 heteroatoms. The number of hydrogen-bond donors (Lipinski definition) is 1. The van der Waals surface area contributed by atoms with Crippen molar-refractivity contribution in [2.75, 3.05) is 13.7 Å². The summed E-state index contributed by atoms with van der Waals surface area (Å²) in [6.45, 7) is 0.206. The topological polar surface area (TPSA) is 86.6 Å². The van der Waals surface area contributed by atoms with E-state index < -0.39 is 23.3 Å². The molecule has 1 aliphatic rings. The zero-order chi connectivity index (χ0) is 13.9. The molecule has 0 radical (unpaired) electrons. The van der Waals surface area contributed by atoms with Gasteiger partial charge >= 0.3 is 29.6 Å². The summed E-state index contributed by atoms with van der Waals surface area (Å²) in [5, 5.41) is 5.44. The molecule has 4 amide bonds. The van der Waals surface area contributed by atoms with E-state index >= 15 is 0 Å². The number of hydrogen-bond acceptors (Lipinski definition) is 4. The van der Waals surface area contributed by atoms with Crippen molar-refractivity contribution in [3.8, 4) is 0 Å². The summed E-state index contributed by atoms with van der Waals surface area (Å²) < 4.78 is 4.96. The van der Waals surface area contributed by atoms with Crippen molar-refractivity contribution in [2.24, 2.45) is 0 Å². The third kappa shape index (κ3) is 2.93. The van der Waals surface area contributed by atoms with Gasteiger partial charge in [0.1, 0.15) is 5.41 Å². The number of carbonyl (C=O) groups excluding carboxylic acids is 3. The number of rotatable bonds is 4. The van der Waals surface area contributed by atoms with Crippen LogP contribution in [0.5, 0.6) is 0 Å². The third-order valence-corrected chi connectivity index (χ3v) is 3.12. The molecule has 1 atom stereocenters. The van der Waals surface area contributed by atoms with E-state index in [2.05, 4.69) is 10.6 Å². The zero-order valence-electron chi connectivity index (χ0n) is 11.4. The molecule has 1 aromatic carbocycles. The molecule has 1 aliphatic heterocycles. The Morgan fingerprint density at radius 3 is 2.40 bits per heavy atom. The fraction of sp³-hybridized carbons (Fsp3) is 0.308. The van der Waals surface area contributed by atoms with Crippen LogP contribution < -0.4 is 34.9 Å². The van der Waals surface area contributed by atoms with Crippen LogP contribution >= 0.6 is 0 Å². The first-order valence-corrected chi connectivity index (χ1v) is 5.77. The Bertz CT molecular complexity index is 498. The molecule has 1 unspecified atom stereocenters. The first-order chi connectivity index (χ1) is 9.11. The molecule has 1 aromatic rings. The second kappa shape index (κ2) is 6.99. The van der Waals surface area contributed by atoms with E-state index in [-0.39, 0.29) is 42.6 Å². The van der Waals surface area contributed by atoms with Crippen LogP contribution in [0, 0.1) is 0 Å². The molecule has 0 aromatic heterocycles. The van der Waals surface area contributed by atoms with Gasteiger partial charge in [0, 0.05) is 13.7 Å². The van der Waals surface area contributed by atoms with Crippen LogP contribution in [0.3, 0.4) is 0 Å². The number of nitrogens with one attached hydrogen (secondary N) is 1. The summed E-state index contributed by atoms with van der Waals surface area (Å²) in [7, 11) is 1.48. The van der Waals surface area contributed by atoms with Gasteiger partial charge in [0.05, 0.1) is 0 Å². The van der Waals surface area contributed by atoms with Crippen molar-refractivity contribution in [1.29, 1.82) is 0 Å². The van der Waals surface area contributed by atoms with E-state index in [0.29, 0.717) is 5.56 Å². The maximum absolute atomic E-state index is 12.2. The number of benzene rings is 1. The molecule has 100 valence electrons. The average Bonchev–Trinajstić information content (AvgIpc) is 2.39. The van der Waals surface area contributed by atoms with Gasteiger partial charge in [-0.2, -0.15) is 0 Å². The van der Waals surface area contributed by atoms with Gasteiger partial charge in [-0.25, -0.2) is 0 Å². The van der Waals surface area contributed by atoms with E-state index in [0.717, 1.165) is 0 Å². The number of imide groups is 2. The number of methoxy groups -OCH3 is 1. The van der Waals surface area contributed by atoms with Gasteiger partial charge in [-0.15, -0.1) is 0 Å². The fourth-order valence-electron chi connectivity index (χ4n) is 2.11. The van der Waals surface area contributed by atoms with Crippen LogP contribution in [0.1, 0.15) is 12.0 Å². The quantitative estimate of drug-likeness (QED) is 0.517. The van der Waals surface area contributed by atoms with Gasteiger partial charge in [-0.05, 0) is 12.0 Å². The minimum atomic E-state index is -1.48. The number of ether oxygens (including phenoxy) is 1. The average molecular weight is 284 g/mol. The van der Waals surface area contributed by atoms with Crippen LogP contribution in [-0.2, 0) is 19.7 Å². The van der Waals surface area contributed by atoms with Crippen molar-refractivity contribution in [2.45, 2.75) is 11.8 Å². The maximum Gasteiger partial charge on any atom is 1.00 e. The Morgan fingerprint density at radius 1 is 1.20 bits per heavy atom. The summed E-state index contributed by atoms with van der Waals surface area (Å²) in [6.07, 6.45) is 0.134. The van der Waals surface area contributed by atoms with E-state index in [9.17, 15) is 14.4 Å². The molecule has 1 heterocycles. The van der Waals surface area contributed by atoms with Crippen LogP contribution in [0.15, 0.2) is 30.3 Å². The van der Waals surface area contributed by atoms with Gasteiger partial charge in [0.25, 0.3) is 0 Å². The molecule has 0 spiro atoms. The Kier molecular flexibility index (Phi) is 5.88. The summed E-state index contributed by atoms with van der Waals surface area (Å²) in [6, 6.07) is 7.64. The molecule has 1 N–H and O–H groups in total. The van der Waals surface area contributed by atoms with Crippen molar-refractivity contribution >= 4 is 17.8 Å². The van der Waals surface area contributed by atoms with Crippen molar-refractivity contribution in [3.63, 3.8) is 0 Å². The number of amides is 4. The van der Waals surface area contributed by atoms with Crippen LogP contribution in [0.25, 0.3) is 5.32 Å². The van der Waals surface area contributed by atoms with E-state index in [1.807, 2.05) is 0 Å². The van der Waals surface area contributed by atoms with Gasteiger partial charge in [0.15, 0.2) is 17.8 Å². The summed E-state index contributed by atoms with van der Waals surface area (Å²) >= 11 is 0. The predicted molar refractivity (Wildman–Crippen MR) is 66.5 cm³/mol. The summed E-state index contributed by atoms with van der Waals surface area (Å²) in [5.74, 6) is -1.40. The monoisotopic (exact) mass is 284 g/mol. The molecule has 2 rings (SSSR count). The zero-order valence-corrected chi connectivity index (χ0v) is 13.4. The Hall–Kier alpha value is -1.21. The van der Waals surface area contributed by atoms with E-state index in [1.54, 1.807) is 30.3 Å². The van der Waals surface area contributed by atoms with Crippen LogP contribution in [0.4, 0.5) is 4.79 Å². The maximum atomic E-state index is 12.2. The second-order valence-corrected chi connectivity index (χ2v) is 4.19. The molecule has 6 nitrogen and oxygen atoms in total. The number of urea groups is 1. The van der Waals surface area contributed by atoms with Gasteiger partial charge < -0.3 is 15.4 Å².